The van der Waals surface area contributed by atoms with E-state index in [-0.39, 0.29) is 5.92 Å². The molecule has 0 aliphatic carbocycles. The molecular formula is C21H29N5O2. The molecule has 7 heteroatoms. The molecule has 3 fully saturated rings. The van der Waals surface area contributed by atoms with Crippen LogP contribution in [0.3, 0.4) is 0 Å². The van der Waals surface area contributed by atoms with E-state index in [2.05, 4.69) is 20.9 Å². The smallest absolute Gasteiger partial charge is 0.227 e. The third-order valence-electron chi connectivity index (χ3n) is 6.28. The molecule has 3 aliphatic heterocycles. The second-order valence-corrected chi connectivity index (χ2v) is 7.98. The van der Waals surface area contributed by atoms with E-state index < -0.39 is 0 Å². The van der Waals surface area contributed by atoms with Crippen molar-refractivity contribution in [2.24, 2.45) is 5.92 Å². The Hall–Kier alpha value is -2.17. The number of nitriles is 1. The van der Waals surface area contributed by atoms with Gasteiger partial charge < -0.3 is 14.5 Å². The first-order valence-corrected chi connectivity index (χ1v) is 10.5. The number of rotatable bonds is 3. The van der Waals surface area contributed by atoms with Crippen LogP contribution in [0.25, 0.3) is 0 Å². The van der Waals surface area contributed by atoms with Crippen LogP contribution in [0.15, 0.2) is 18.2 Å². The molecule has 28 heavy (non-hydrogen) atoms. The van der Waals surface area contributed by atoms with Crippen LogP contribution in [0.5, 0.6) is 0 Å². The van der Waals surface area contributed by atoms with Crippen LogP contribution in [0.1, 0.15) is 31.4 Å². The number of pyridine rings is 1. The fourth-order valence-electron chi connectivity index (χ4n) is 4.70. The van der Waals surface area contributed by atoms with Crippen molar-refractivity contribution in [3.63, 3.8) is 0 Å². The van der Waals surface area contributed by atoms with Crippen molar-refractivity contribution in [2.75, 3.05) is 57.4 Å². The molecule has 1 atom stereocenters. The highest BCUT2D eigenvalue weighted by molar-refractivity contribution is 5.79. The van der Waals surface area contributed by atoms with Crippen molar-refractivity contribution < 1.29 is 9.53 Å². The van der Waals surface area contributed by atoms with Gasteiger partial charge in [-0.05, 0) is 44.4 Å². The summed E-state index contributed by atoms with van der Waals surface area (Å²) in [5.74, 6) is 1.36. The summed E-state index contributed by atoms with van der Waals surface area (Å²) in [6, 6.07) is 8.29. The van der Waals surface area contributed by atoms with Crippen LogP contribution < -0.4 is 4.90 Å². The third kappa shape index (κ3) is 4.29. The van der Waals surface area contributed by atoms with Gasteiger partial charge in [0.25, 0.3) is 0 Å². The lowest BCUT2D eigenvalue weighted by molar-refractivity contribution is -0.141. The second-order valence-electron chi connectivity index (χ2n) is 7.98. The Bertz CT molecular complexity index is 720. The van der Waals surface area contributed by atoms with Crippen molar-refractivity contribution in [2.45, 2.75) is 31.7 Å². The van der Waals surface area contributed by atoms with E-state index in [4.69, 9.17) is 10.00 Å². The number of ether oxygens (including phenoxy) is 1. The molecule has 0 unspecified atom stereocenters. The standard InChI is InChI=1S/C21H29N5O2/c22-15-18-4-1-5-20(23-18)24-9-6-19(7-10-24)26-8-2-3-17(16-26)21(27)25-11-13-28-14-12-25/h1,4-5,17,19H,2-3,6-14,16H2/t17-/m0/s1. The molecular weight excluding hydrogens is 354 g/mol. The number of anilines is 1. The SMILES string of the molecule is N#Cc1cccc(N2CCC(N3CCC[C@H](C(=O)N4CCOCC4)C3)CC2)n1. The fourth-order valence-corrected chi connectivity index (χ4v) is 4.70. The van der Waals surface area contributed by atoms with Crippen LogP contribution in [0, 0.1) is 17.2 Å². The van der Waals surface area contributed by atoms with Gasteiger partial charge in [-0.3, -0.25) is 9.69 Å². The lowest BCUT2D eigenvalue weighted by Crippen LogP contribution is -2.52. The van der Waals surface area contributed by atoms with Gasteiger partial charge in [0.05, 0.1) is 19.1 Å². The van der Waals surface area contributed by atoms with E-state index in [9.17, 15) is 4.79 Å². The summed E-state index contributed by atoms with van der Waals surface area (Å²) in [5, 5.41) is 9.06. The van der Waals surface area contributed by atoms with E-state index in [1.165, 1.54) is 0 Å². The molecule has 0 radical (unpaired) electrons. The van der Waals surface area contributed by atoms with Crippen molar-refractivity contribution in [3.8, 4) is 6.07 Å². The summed E-state index contributed by atoms with van der Waals surface area (Å²) in [4.78, 5) is 24.1. The number of carbonyl (C=O) groups excluding carboxylic acids is 1. The summed E-state index contributed by atoms with van der Waals surface area (Å²) in [6.07, 6.45) is 4.27. The molecule has 0 N–H and O–H groups in total. The van der Waals surface area contributed by atoms with Gasteiger partial charge in [0.2, 0.25) is 5.91 Å². The van der Waals surface area contributed by atoms with Gasteiger partial charge in [0, 0.05) is 38.8 Å². The van der Waals surface area contributed by atoms with E-state index in [0.717, 1.165) is 70.8 Å². The molecule has 7 nitrogen and oxygen atoms in total. The zero-order valence-electron chi connectivity index (χ0n) is 16.4. The first-order chi connectivity index (χ1) is 13.7. The summed E-state index contributed by atoms with van der Waals surface area (Å²) in [5.41, 5.74) is 0.472. The Morgan fingerprint density at radius 2 is 1.89 bits per heavy atom. The van der Waals surface area contributed by atoms with E-state index in [1.807, 2.05) is 17.0 Å². The molecule has 0 aromatic carbocycles. The minimum absolute atomic E-state index is 0.138. The average Bonchev–Trinajstić information content (AvgIpc) is 2.79. The summed E-state index contributed by atoms with van der Waals surface area (Å²) in [7, 11) is 0. The Kier molecular flexibility index (Phi) is 6.08. The van der Waals surface area contributed by atoms with Crippen LogP contribution in [0.4, 0.5) is 5.82 Å². The summed E-state index contributed by atoms with van der Waals surface area (Å²) < 4.78 is 5.38. The minimum Gasteiger partial charge on any atom is -0.378 e. The Morgan fingerprint density at radius 1 is 1.11 bits per heavy atom. The molecule has 4 rings (SSSR count). The van der Waals surface area contributed by atoms with Gasteiger partial charge in [0.1, 0.15) is 17.6 Å². The van der Waals surface area contributed by atoms with Crippen LogP contribution in [0.2, 0.25) is 0 Å². The van der Waals surface area contributed by atoms with E-state index >= 15 is 0 Å². The maximum atomic E-state index is 12.9. The Morgan fingerprint density at radius 3 is 2.64 bits per heavy atom. The molecule has 0 saturated carbocycles. The first kappa shape index (κ1) is 19.2. The van der Waals surface area contributed by atoms with E-state index in [1.54, 1.807) is 6.07 Å². The largest absolute Gasteiger partial charge is 0.378 e. The van der Waals surface area contributed by atoms with Gasteiger partial charge in [-0.15, -0.1) is 0 Å². The third-order valence-corrected chi connectivity index (χ3v) is 6.28. The molecule has 150 valence electrons. The summed E-state index contributed by atoms with van der Waals surface area (Å²) in [6.45, 7) is 6.70. The average molecular weight is 383 g/mol. The quantitative estimate of drug-likeness (QED) is 0.788. The normalized spacial score (nSPS) is 24.8. The highest BCUT2D eigenvalue weighted by Gasteiger charge is 2.34. The molecule has 1 aromatic heterocycles. The van der Waals surface area contributed by atoms with Gasteiger partial charge in [-0.1, -0.05) is 6.07 Å². The minimum atomic E-state index is 0.138. The molecule has 1 amide bonds. The number of likely N-dealkylation sites (tertiary alicyclic amines) is 1. The lowest BCUT2D eigenvalue weighted by Gasteiger charge is -2.43. The highest BCUT2D eigenvalue weighted by atomic mass is 16.5. The van der Waals surface area contributed by atoms with E-state index in [0.29, 0.717) is 30.9 Å². The van der Waals surface area contributed by atoms with Crippen LogP contribution in [-0.2, 0) is 9.53 Å². The first-order valence-electron chi connectivity index (χ1n) is 10.5. The number of morpholine rings is 1. The number of carbonyl (C=O) groups is 1. The van der Waals surface area contributed by atoms with Crippen molar-refractivity contribution in [3.05, 3.63) is 23.9 Å². The number of piperidine rings is 2. The number of aromatic nitrogens is 1. The molecule has 3 aliphatic rings. The lowest BCUT2D eigenvalue weighted by atomic mass is 9.92. The van der Waals surface area contributed by atoms with Crippen molar-refractivity contribution in [1.82, 2.24) is 14.8 Å². The van der Waals surface area contributed by atoms with Crippen LogP contribution in [-0.4, -0.2) is 79.2 Å². The number of hydrogen-bond acceptors (Lipinski definition) is 6. The predicted molar refractivity (Wildman–Crippen MR) is 106 cm³/mol. The monoisotopic (exact) mass is 383 g/mol. The van der Waals surface area contributed by atoms with Crippen molar-refractivity contribution >= 4 is 11.7 Å². The Labute approximate surface area is 166 Å². The number of nitrogens with zero attached hydrogens (tertiary/aromatic N) is 5. The maximum Gasteiger partial charge on any atom is 0.227 e. The zero-order valence-corrected chi connectivity index (χ0v) is 16.4. The second kappa shape index (κ2) is 8.89. The van der Waals surface area contributed by atoms with Gasteiger partial charge in [-0.25, -0.2) is 4.98 Å². The molecule has 4 heterocycles. The molecule has 3 saturated heterocycles. The highest BCUT2D eigenvalue weighted by Crippen LogP contribution is 2.27. The maximum absolute atomic E-state index is 12.9. The van der Waals surface area contributed by atoms with Crippen molar-refractivity contribution in [1.29, 1.82) is 5.26 Å². The molecule has 0 bridgehead atoms. The zero-order chi connectivity index (χ0) is 19.3. The van der Waals surface area contributed by atoms with Crippen LogP contribution >= 0.6 is 0 Å². The summed E-state index contributed by atoms with van der Waals surface area (Å²) >= 11 is 0. The van der Waals surface area contributed by atoms with Gasteiger partial charge >= 0.3 is 0 Å². The number of hydrogen-bond donors (Lipinski definition) is 0. The topological polar surface area (TPSA) is 72.7 Å². The Balaban J connectivity index is 1.31. The van der Waals surface area contributed by atoms with Gasteiger partial charge in [0.15, 0.2) is 0 Å². The molecule has 0 spiro atoms. The van der Waals surface area contributed by atoms with Gasteiger partial charge in [-0.2, -0.15) is 5.26 Å². The predicted octanol–water partition coefficient (Wildman–Crippen LogP) is 1.49. The number of amides is 1. The molecule has 1 aromatic rings. The fraction of sp³-hybridized carbons (Fsp3) is 0.667.